The third-order valence-corrected chi connectivity index (χ3v) is 3.38. The maximum atomic E-state index is 12.0. The molecule has 0 aromatic rings. The zero-order valence-electron chi connectivity index (χ0n) is 10.4. The number of carboxylic acid groups (broad SMARTS) is 1. The van der Waals surface area contributed by atoms with Gasteiger partial charge in [0.2, 0.25) is 5.91 Å². The fraction of sp³-hybridized carbons (Fsp3) is 0.833. The standard InChI is InChI=1S/C12H21NO4/c1-3-8(7-17-2)13-11(14)9-5-4-6-10(9)12(15)16/h8-10H,3-7H2,1-2H3,(H,13,14)(H,15,16). The highest BCUT2D eigenvalue weighted by Crippen LogP contribution is 2.32. The molecular weight excluding hydrogens is 222 g/mol. The summed E-state index contributed by atoms with van der Waals surface area (Å²) in [6.45, 7) is 2.43. The van der Waals surface area contributed by atoms with Gasteiger partial charge in [0.05, 0.1) is 24.5 Å². The van der Waals surface area contributed by atoms with Gasteiger partial charge in [-0.3, -0.25) is 9.59 Å². The Hall–Kier alpha value is -1.10. The molecule has 5 heteroatoms. The van der Waals surface area contributed by atoms with Crippen LogP contribution < -0.4 is 5.32 Å². The lowest BCUT2D eigenvalue weighted by Gasteiger charge is -2.20. The monoisotopic (exact) mass is 243 g/mol. The maximum absolute atomic E-state index is 12.0. The summed E-state index contributed by atoms with van der Waals surface area (Å²) < 4.78 is 5.00. The van der Waals surface area contributed by atoms with Crippen molar-refractivity contribution < 1.29 is 19.4 Å². The van der Waals surface area contributed by atoms with Crippen molar-refractivity contribution in [3.63, 3.8) is 0 Å². The molecule has 1 fully saturated rings. The highest BCUT2D eigenvalue weighted by molar-refractivity contribution is 5.85. The highest BCUT2D eigenvalue weighted by Gasteiger charge is 2.38. The van der Waals surface area contributed by atoms with Gasteiger partial charge in [-0.1, -0.05) is 13.3 Å². The fourth-order valence-electron chi connectivity index (χ4n) is 2.34. The predicted molar refractivity (Wildman–Crippen MR) is 62.6 cm³/mol. The number of carbonyl (C=O) groups excluding carboxylic acids is 1. The van der Waals surface area contributed by atoms with E-state index in [1.165, 1.54) is 0 Å². The van der Waals surface area contributed by atoms with Crippen LogP contribution in [0.5, 0.6) is 0 Å². The molecule has 0 bridgehead atoms. The van der Waals surface area contributed by atoms with Crippen LogP contribution in [-0.4, -0.2) is 36.7 Å². The van der Waals surface area contributed by atoms with Crippen molar-refractivity contribution in [1.82, 2.24) is 5.32 Å². The maximum Gasteiger partial charge on any atom is 0.307 e. The first-order chi connectivity index (χ1) is 8.10. The lowest BCUT2D eigenvalue weighted by Crippen LogP contribution is -2.43. The zero-order chi connectivity index (χ0) is 12.8. The van der Waals surface area contributed by atoms with Gasteiger partial charge in [0.1, 0.15) is 0 Å². The van der Waals surface area contributed by atoms with Crippen LogP contribution in [0.2, 0.25) is 0 Å². The van der Waals surface area contributed by atoms with Crippen LogP contribution in [0.25, 0.3) is 0 Å². The van der Waals surface area contributed by atoms with E-state index in [1.54, 1.807) is 7.11 Å². The van der Waals surface area contributed by atoms with Gasteiger partial charge < -0.3 is 15.2 Å². The van der Waals surface area contributed by atoms with Gasteiger partial charge in [-0.05, 0) is 19.3 Å². The van der Waals surface area contributed by atoms with Gasteiger partial charge in [-0.25, -0.2) is 0 Å². The Kier molecular flexibility index (Phi) is 5.41. The van der Waals surface area contributed by atoms with Gasteiger partial charge in [-0.15, -0.1) is 0 Å². The molecule has 0 spiro atoms. The first-order valence-corrected chi connectivity index (χ1v) is 6.12. The first-order valence-electron chi connectivity index (χ1n) is 6.12. The molecule has 0 aliphatic heterocycles. The molecular formula is C12H21NO4. The van der Waals surface area contributed by atoms with Crippen molar-refractivity contribution >= 4 is 11.9 Å². The topological polar surface area (TPSA) is 75.6 Å². The minimum absolute atomic E-state index is 0.0254. The van der Waals surface area contributed by atoms with Crippen LogP contribution in [0, 0.1) is 11.8 Å². The van der Waals surface area contributed by atoms with Crippen molar-refractivity contribution in [3.05, 3.63) is 0 Å². The summed E-state index contributed by atoms with van der Waals surface area (Å²) in [5, 5.41) is 11.9. The molecule has 5 nitrogen and oxygen atoms in total. The molecule has 0 radical (unpaired) electrons. The quantitative estimate of drug-likeness (QED) is 0.730. The normalized spacial score (nSPS) is 25.5. The summed E-state index contributed by atoms with van der Waals surface area (Å²) in [4.78, 5) is 23.0. The average molecular weight is 243 g/mol. The summed E-state index contributed by atoms with van der Waals surface area (Å²) in [7, 11) is 1.59. The summed E-state index contributed by atoms with van der Waals surface area (Å²) in [5.41, 5.74) is 0. The van der Waals surface area contributed by atoms with E-state index in [4.69, 9.17) is 9.84 Å². The molecule has 1 rings (SSSR count). The summed E-state index contributed by atoms with van der Waals surface area (Å²) in [6, 6.07) is -0.0254. The van der Waals surface area contributed by atoms with Crippen LogP contribution in [-0.2, 0) is 14.3 Å². The number of carboxylic acids is 1. The van der Waals surface area contributed by atoms with Gasteiger partial charge in [0.25, 0.3) is 0 Å². The molecule has 1 aliphatic carbocycles. The number of amides is 1. The number of nitrogens with one attached hydrogen (secondary N) is 1. The molecule has 0 saturated heterocycles. The van der Waals surface area contributed by atoms with E-state index in [0.717, 1.165) is 12.8 Å². The number of hydrogen-bond acceptors (Lipinski definition) is 3. The van der Waals surface area contributed by atoms with Crippen molar-refractivity contribution in [2.75, 3.05) is 13.7 Å². The Morgan fingerprint density at radius 1 is 1.41 bits per heavy atom. The molecule has 1 aliphatic rings. The van der Waals surface area contributed by atoms with E-state index in [1.807, 2.05) is 6.92 Å². The van der Waals surface area contributed by atoms with Crippen molar-refractivity contribution in [3.8, 4) is 0 Å². The van der Waals surface area contributed by atoms with Crippen molar-refractivity contribution in [2.24, 2.45) is 11.8 Å². The molecule has 2 N–H and O–H groups in total. The summed E-state index contributed by atoms with van der Waals surface area (Å²) in [5.74, 6) is -1.89. The van der Waals surface area contributed by atoms with Gasteiger partial charge >= 0.3 is 5.97 Å². The van der Waals surface area contributed by atoms with Crippen LogP contribution >= 0.6 is 0 Å². The molecule has 98 valence electrons. The minimum atomic E-state index is -0.859. The summed E-state index contributed by atoms with van der Waals surface area (Å²) in [6.07, 6.45) is 2.88. The molecule has 3 atom stereocenters. The first kappa shape index (κ1) is 14.0. The number of hydrogen-bond donors (Lipinski definition) is 2. The average Bonchev–Trinajstić information content (AvgIpc) is 2.77. The second-order valence-corrected chi connectivity index (χ2v) is 4.55. The second-order valence-electron chi connectivity index (χ2n) is 4.55. The smallest absolute Gasteiger partial charge is 0.307 e. The van der Waals surface area contributed by atoms with Gasteiger partial charge in [0.15, 0.2) is 0 Å². The number of methoxy groups -OCH3 is 1. The SMILES string of the molecule is CCC(COC)NC(=O)C1CCCC1C(=O)O. The highest BCUT2D eigenvalue weighted by atomic mass is 16.5. The van der Waals surface area contributed by atoms with E-state index in [2.05, 4.69) is 5.32 Å². The van der Waals surface area contributed by atoms with E-state index in [0.29, 0.717) is 19.4 Å². The van der Waals surface area contributed by atoms with Crippen LogP contribution in [0.1, 0.15) is 32.6 Å². The second kappa shape index (κ2) is 6.59. The minimum Gasteiger partial charge on any atom is -0.481 e. The lowest BCUT2D eigenvalue weighted by atomic mass is 9.95. The molecule has 3 unspecified atom stereocenters. The Morgan fingerprint density at radius 3 is 2.59 bits per heavy atom. The van der Waals surface area contributed by atoms with Gasteiger partial charge in [0, 0.05) is 7.11 Å². The number of rotatable bonds is 6. The number of carbonyl (C=O) groups is 2. The van der Waals surface area contributed by atoms with Gasteiger partial charge in [-0.2, -0.15) is 0 Å². The molecule has 17 heavy (non-hydrogen) atoms. The van der Waals surface area contributed by atoms with Crippen LogP contribution in [0.3, 0.4) is 0 Å². The Labute approximate surface area is 102 Å². The lowest BCUT2D eigenvalue weighted by molar-refractivity contribution is -0.146. The largest absolute Gasteiger partial charge is 0.481 e. The van der Waals surface area contributed by atoms with Crippen molar-refractivity contribution in [1.29, 1.82) is 0 Å². The Balaban J connectivity index is 2.54. The Bertz CT molecular complexity index is 280. The predicted octanol–water partition coefficient (Wildman–Crippen LogP) is 1.03. The number of aliphatic carboxylic acids is 1. The van der Waals surface area contributed by atoms with E-state index in [9.17, 15) is 9.59 Å². The Morgan fingerprint density at radius 2 is 2.06 bits per heavy atom. The van der Waals surface area contributed by atoms with Crippen molar-refractivity contribution in [2.45, 2.75) is 38.6 Å². The molecule has 0 heterocycles. The number of ether oxygens (including phenoxy) is 1. The van der Waals surface area contributed by atoms with E-state index in [-0.39, 0.29) is 17.9 Å². The molecule has 1 saturated carbocycles. The third-order valence-electron chi connectivity index (χ3n) is 3.38. The van der Waals surface area contributed by atoms with E-state index < -0.39 is 11.9 Å². The molecule has 0 aromatic carbocycles. The summed E-state index contributed by atoms with van der Waals surface area (Å²) >= 11 is 0. The van der Waals surface area contributed by atoms with Crippen LogP contribution in [0.15, 0.2) is 0 Å². The van der Waals surface area contributed by atoms with E-state index >= 15 is 0 Å². The molecule has 0 aromatic heterocycles. The van der Waals surface area contributed by atoms with Crippen LogP contribution in [0.4, 0.5) is 0 Å². The zero-order valence-corrected chi connectivity index (χ0v) is 10.4. The third kappa shape index (κ3) is 3.70. The molecule has 1 amide bonds. The fourth-order valence-corrected chi connectivity index (χ4v) is 2.34.